The topological polar surface area (TPSA) is 71.8 Å². The highest BCUT2D eigenvalue weighted by Gasteiger charge is 2.18. The summed E-state index contributed by atoms with van der Waals surface area (Å²) < 4.78 is 1.89. The van der Waals surface area contributed by atoms with E-state index in [4.69, 9.17) is 0 Å². The minimum absolute atomic E-state index is 0. The molecule has 142 valence electrons. The fourth-order valence-corrected chi connectivity index (χ4v) is 3.79. The van der Waals surface area contributed by atoms with Gasteiger partial charge in [-0.15, -0.1) is 23.7 Å². The van der Waals surface area contributed by atoms with Gasteiger partial charge in [-0.3, -0.25) is 14.8 Å². The molecule has 2 aromatic heterocycles. The Kier molecular flexibility index (Phi) is 6.26. The van der Waals surface area contributed by atoms with Crippen LogP contribution in [0.1, 0.15) is 34.9 Å². The molecule has 1 aliphatic rings. The highest BCUT2D eigenvalue weighted by molar-refractivity contribution is 7.14. The van der Waals surface area contributed by atoms with E-state index in [1.54, 1.807) is 6.07 Å². The monoisotopic (exact) mass is 403 g/mol. The van der Waals surface area contributed by atoms with Gasteiger partial charge in [0, 0.05) is 23.7 Å². The number of piperidine rings is 1. The van der Waals surface area contributed by atoms with Crippen LogP contribution in [-0.4, -0.2) is 33.8 Å². The lowest BCUT2D eigenvalue weighted by Crippen LogP contribution is -2.32. The van der Waals surface area contributed by atoms with E-state index in [-0.39, 0.29) is 18.3 Å². The Morgan fingerprint density at radius 2 is 2.11 bits per heavy atom. The third-order valence-corrected chi connectivity index (χ3v) is 5.32. The molecule has 3 heterocycles. The molecule has 1 unspecified atom stereocenters. The standard InChI is InChI=1S/C19H21N5OS.ClH/c1-13-4-6-14(7-5-13)17-12-26-19(21-17)22-18(25)16-8-10-24(23-16)15-3-2-9-20-11-15;/h4-8,10,12,15,20H,2-3,9,11H2,1H3,(H,21,22,25);1H. The van der Waals surface area contributed by atoms with E-state index in [2.05, 4.69) is 39.8 Å². The van der Waals surface area contributed by atoms with E-state index in [1.807, 2.05) is 28.4 Å². The maximum atomic E-state index is 12.5. The van der Waals surface area contributed by atoms with Crippen molar-refractivity contribution in [1.29, 1.82) is 0 Å². The van der Waals surface area contributed by atoms with Crippen molar-refractivity contribution in [2.24, 2.45) is 0 Å². The number of nitrogens with one attached hydrogen (secondary N) is 2. The van der Waals surface area contributed by atoms with Crippen LogP contribution >= 0.6 is 23.7 Å². The molecule has 1 atom stereocenters. The molecular weight excluding hydrogens is 382 g/mol. The van der Waals surface area contributed by atoms with Gasteiger partial charge in [0.25, 0.3) is 5.91 Å². The van der Waals surface area contributed by atoms with E-state index in [9.17, 15) is 4.79 Å². The maximum absolute atomic E-state index is 12.5. The summed E-state index contributed by atoms with van der Waals surface area (Å²) in [6.07, 6.45) is 4.10. The molecule has 8 heteroatoms. The van der Waals surface area contributed by atoms with Crippen molar-refractivity contribution < 1.29 is 4.79 Å². The van der Waals surface area contributed by atoms with Gasteiger partial charge in [0.15, 0.2) is 10.8 Å². The highest BCUT2D eigenvalue weighted by Crippen LogP contribution is 2.25. The zero-order chi connectivity index (χ0) is 17.9. The first-order chi connectivity index (χ1) is 12.7. The van der Waals surface area contributed by atoms with Gasteiger partial charge in [-0.1, -0.05) is 29.8 Å². The van der Waals surface area contributed by atoms with Gasteiger partial charge in [0.2, 0.25) is 0 Å². The molecule has 1 aromatic carbocycles. The summed E-state index contributed by atoms with van der Waals surface area (Å²) in [5.74, 6) is -0.225. The van der Waals surface area contributed by atoms with E-state index in [1.165, 1.54) is 16.9 Å². The molecule has 2 N–H and O–H groups in total. The molecular formula is C19H22ClN5OS. The minimum Gasteiger partial charge on any atom is -0.315 e. The van der Waals surface area contributed by atoms with Gasteiger partial charge in [-0.2, -0.15) is 5.10 Å². The molecule has 0 radical (unpaired) electrons. The summed E-state index contributed by atoms with van der Waals surface area (Å²) in [5.41, 5.74) is 3.54. The lowest BCUT2D eigenvalue weighted by atomic mass is 10.1. The summed E-state index contributed by atoms with van der Waals surface area (Å²) in [6, 6.07) is 10.3. The second-order valence-corrected chi connectivity index (χ2v) is 7.40. The molecule has 0 bridgehead atoms. The first-order valence-corrected chi connectivity index (χ1v) is 9.67. The fraction of sp³-hybridized carbons (Fsp3) is 0.316. The molecule has 0 saturated carbocycles. The molecule has 6 nitrogen and oxygen atoms in total. The lowest BCUT2D eigenvalue weighted by molar-refractivity contribution is 0.102. The molecule has 0 spiro atoms. The maximum Gasteiger partial charge on any atom is 0.277 e. The van der Waals surface area contributed by atoms with Crippen LogP contribution in [-0.2, 0) is 0 Å². The van der Waals surface area contributed by atoms with Crippen LogP contribution in [0.4, 0.5) is 5.13 Å². The van der Waals surface area contributed by atoms with Crippen LogP contribution < -0.4 is 10.6 Å². The number of rotatable bonds is 4. The molecule has 1 aliphatic heterocycles. The number of carbonyl (C=O) groups is 1. The van der Waals surface area contributed by atoms with Crippen LogP contribution in [0.25, 0.3) is 11.3 Å². The van der Waals surface area contributed by atoms with Gasteiger partial charge >= 0.3 is 0 Å². The number of halogens is 1. The second kappa shape index (κ2) is 8.65. The van der Waals surface area contributed by atoms with Crippen molar-refractivity contribution in [3.05, 3.63) is 53.2 Å². The zero-order valence-electron chi connectivity index (χ0n) is 15.0. The highest BCUT2D eigenvalue weighted by atomic mass is 35.5. The Balaban J connectivity index is 0.00000210. The largest absolute Gasteiger partial charge is 0.315 e. The number of aromatic nitrogens is 3. The van der Waals surface area contributed by atoms with Crippen molar-refractivity contribution in [1.82, 2.24) is 20.1 Å². The number of carbonyl (C=O) groups excluding carboxylic acids is 1. The van der Waals surface area contributed by atoms with Crippen molar-refractivity contribution in [3.63, 3.8) is 0 Å². The smallest absolute Gasteiger partial charge is 0.277 e. The lowest BCUT2D eigenvalue weighted by Gasteiger charge is -2.22. The fourth-order valence-electron chi connectivity index (χ4n) is 3.07. The number of hydrogen-bond acceptors (Lipinski definition) is 5. The van der Waals surface area contributed by atoms with Crippen LogP contribution in [0, 0.1) is 6.92 Å². The quantitative estimate of drug-likeness (QED) is 0.692. The average molecular weight is 404 g/mol. The van der Waals surface area contributed by atoms with Gasteiger partial charge < -0.3 is 5.32 Å². The van der Waals surface area contributed by atoms with E-state index in [0.29, 0.717) is 16.9 Å². The molecule has 0 aliphatic carbocycles. The average Bonchev–Trinajstić information content (AvgIpc) is 3.33. The zero-order valence-corrected chi connectivity index (χ0v) is 16.6. The molecule has 4 rings (SSSR count). The summed E-state index contributed by atoms with van der Waals surface area (Å²) in [4.78, 5) is 17.0. The number of thiazole rings is 1. The first kappa shape index (κ1) is 19.5. The Labute approximate surface area is 168 Å². The summed E-state index contributed by atoms with van der Waals surface area (Å²) in [6.45, 7) is 4.01. The van der Waals surface area contributed by atoms with Crippen LogP contribution in [0.5, 0.6) is 0 Å². The predicted octanol–water partition coefficient (Wildman–Crippen LogP) is 3.91. The molecule has 27 heavy (non-hydrogen) atoms. The Hall–Kier alpha value is -2.22. The van der Waals surface area contributed by atoms with Crippen molar-refractivity contribution in [2.45, 2.75) is 25.8 Å². The van der Waals surface area contributed by atoms with Gasteiger partial charge in [-0.25, -0.2) is 4.98 Å². The molecule has 3 aromatic rings. The third kappa shape index (κ3) is 4.55. The second-order valence-electron chi connectivity index (χ2n) is 6.54. The molecule has 1 saturated heterocycles. The van der Waals surface area contributed by atoms with Gasteiger partial charge in [-0.05, 0) is 32.4 Å². The SMILES string of the molecule is Cc1ccc(-c2csc(NC(=O)c3ccn(C4CCCNC4)n3)n2)cc1.Cl. The van der Waals surface area contributed by atoms with E-state index < -0.39 is 0 Å². The normalized spacial score (nSPS) is 16.6. The number of nitrogens with zero attached hydrogens (tertiary/aromatic N) is 3. The van der Waals surface area contributed by atoms with Crippen LogP contribution in [0.3, 0.4) is 0 Å². The van der Waals surface area contributed by atoms with Gasteiger partial charge in [0.05, 0.1) is 11.7 Å². The minimum atomic E-state index is -0.225. The van der Waals surface area contributed by atoms with E-state index >= 15 is 0 Å². The number of anilines is 1. The third-order valence-electron chi connectivity index (χ3n) is 4.56. The first-order valence-electron chi connectivity index (χ1n) is 8.79. The number of aryl methyl sites for hydroxylation is 1. The van der Waals surface area contributed by atoms with E-state index in [0.717, 1.165) is 37.2 Å². The van der Waals surface area contributed by atoms with Gasteiger partial charge in [0.1, 0.15) is 0 Å². The Morgan fingerprint density at radius 3 is 2.85 bits per heavy atom. The summed E-state index contributed by atoms with van der Waals surface area (Å²) in [7, 11) is 0. The van der Waals surface area contributed by atoms with Crippen molar-refractivity contribution >= 4 is 34.8 Å². The molecule has 1 fully saturated rings. The van der Waals surface area contributed by atoms with Crippen LogP contribution in [0.15, 0.2) is 41.9 Å². The molecule has 1 amide bonds. The number of benzene rings is 1. The van der Waals surface area contributed by atoms with Crippen molar-refractivity contribution in [3.8, 4) is 11.3 Å². The number of hydrogen-bond donors (Lipinski definition) is 2. The Bertz CT molecular complexity index is 899. The van der Waals surface area contributed by atoms with Crippen molar-refractivity contribution in [2.75, 3.05) is 18.4 Å². The van der Waals surface area contributed by atoms with Crippen LogP contribution in [0.2, 0.25) is 0 Å². The summed E-state index contributed by atoms with van der Waals surface area (Å²) >= 11 is 1.42. The summed E-state index contributed by atoms with van der Waals surface area (Å²) in [5, 5.41) is 13.2. The number of amides is 1. The Morgan fingerprint density at radius 1 is 1.30 bits per heavy atom. The predicted molar refractivity (Wildman–Crippen MR) is 111 cm³/mol.